The molecule has 1 atom stereocenters. The van der Waals surface area contributed by atoms with Gasteiger partial charge in [-0.05, 0) is 26.8 Å². The van der Waals surface area contributed by atoms with Gasteiger partial charge < -0.3 is 19.2 Å². The first-order valence-corrected chi connectivity index (χ1v) is 11.3. The molecule has 2 aromatic rings. The van der Waals surface area contributed by atoms with Crippen molar-refractivity contribution >= 4 is 11.9 Å². The SMILES string of the molecule is Cc1cc(-c2cnc(N3CCN(C)CC3)nc2C2CCCN(C(=O)C(C)(C)C)C2)on1. The monoisotopic (exact) mass is 426 g/mol. The van der Waals surface area contributed by atoms with Gasteiger partial charge in [-0.2, -0.15) is 0 Å². The Morgan fingerprint density at radius 1 is 1.16 bits per heavy atom. The number of likely N-dealkylation sites (N-methyl/N-ethyl adjacent to an activating group) is 1. The molecule has 168 valence electrons. The van der Waals surface area contributed by atoms with Crippen molar-refractivity contribution < 1.29 is 9.32 Å². The molecule has 0 aromatic carbocycles. The molecule has 0 saturated carbocycles. The van der Waals surface area contributed by atoms with Crippen LogP contribution in [0.4, 0.5) is 5.95 Å². The van der Waals surface area contributed by atoms with Crippen molar-refractivity contribution in [3.8, 4) is 11.3 Å². The van der Waals surface area contributed by atoms with Crippen molar-refractivity contribution in [3.63, 3.8) is 0 Å². The number of hydrogen-bond donors (Lipinski definition) is 0. The fraction of sp³-hybridized carbons (Fsp3) is 0.652. The first-order valence-electron chi connectivity index (χ1n) is 11.3. The Hall–Kier alpha value is -2.48. The lowest BCUT2D eigenvalue weighted by Gasteiger charge is -2.37. The number of carbonyl (C=O) groups excluding carboxylic acids is 1. The van der Waals surface area contributed by atoms with Crippen LogP contribution in [-0.2, 0) is 4.79 Å². The molecular weight excluding hydrogens is 392 g/mol. The van der Waals surface area contributed by atoms with E-state index in [9.17, 15) is 4.79 Å². The summed E-state index contributed by atoms with van der Waals surface area (Å²) in [5, 5.41) is 4.06. The Morgan fingerprint density at radius 3 is 2.55 bits per heavy atom. The molecule has 0 aliphatic carbocycles. The molecule has 31 heavy (non-hydrogen) atoms. The van der Waals surface area contributed by atoms with E-state index in [2.05, 4.69) is 27.0 Å². The molecule has 2 aliphatic heterocycles. The van der Waals surface area contributed by atoms with Crippen molar-refractivity contribution in [3.05, 3.63) is 23.7 Å². The summed E-state index contributed by atoms with van der Waals surface area (Å²) in [5.74, 6) is 1.80. The van der Waals surface area contributed by atoms with Gasteiger partial charge in [-0.3, -0.25) is 4.79 Å². The molecule has 1 unspecified atom stereocenters. The zero-order chi connectivity index (χ0) is 22.2. The minimum Gasteiger partial charge on any atom is -0.356 e. The Labute approximate surface area is 184 Å². The van der Waals surface area contributed by atoms with Crippen LogP contribution in [0.25, 0.3) is 11.3 Å². The second-order valence-electron chi connectivity index (χ2n) is 9.93. The molecule has 2 aromatic heterocycles. The number of anilines is 1. The molecule has 4 rings (SSSR count). The van der Waals surface area contributed by atoms with E-state index in [0.29, 0.717) is 12.3 Å². The van der Waals surface area contributed by atoms with Crippen LogP contribution >= 0.6 is 0 Å². The summed E-state index contributed by atoms with van der Waals surface area (Å²) in [6.07, 6.45) is 3.84. The average Bonchev–Trinajstić information content (AvgIpc) is 3.19. The predicted octanol–water partition coefficient (Wildman–Crippen LogP) is 2.94. The van der Waals surface area contributed by atoms with Gasteiger partial charge in [-0.15, -0.1) is 0 Å². The van der Waals surface area contributed by atoms with Crippen LogP contribution < -0.4 is 4.90 Å². The minimum absolute atomic E-state index is 0.148. The van der Waals surface area contributed by atoms with Gasteiger partial charge in [0.15, 0.2) is 5.76 Å². The lowest BCUT2D eigenvalue weighted by molar-refractivity contribution is -0.140. The van der Waals surface area contributed by atoms with Crippen molar-refractivity contribution in [2.24, 2.45) is 5.41 Å². The second-order valence-corrected chi connectivity index (χ2v) is 9.93. The highest BCUT2D eigenvalue weighted by molar-refractivity contribution is 5.81. The van der Waals surface area contributed by atoms with Crippen molar-refractivity contribution in [2.75, 3.05) is 51.2 Å². The Bertz CT molecular complexity index is 926. The molecule has 2 saturated heterocycles. The lowest BCUT2D eigenvalue weighted by Crippen LogP contribution is -2.46. The zero-order valence-corrected chi connectivity index (χ0v) is 19.4. The average molecular weight is 427 g/mol. The molecule has 0 radical (unpaired) electrons. The third kappa shape index (κ3) is 4.74. The normalized spacial score (nSPS) is 20.9. The highest BCUT2D eigenvalue weighted by Gasteiger charge is 2.33. The number of aromatic nitrogens is 3. The van der Waals surface area contributed by atoms with Crippen LogP contribution in [0.3, 0.4) is 0 Å². The van der Waals surface area contributed by atoms with E-state index >= 15 is 0 Å². The molecule has 2 aliphatic rings. The van der Waals surface area contributed by atoms with Crippen LogP contribution in [0, 0.1) is 12.3 Å². The summed E-state index contributed by atoms with van der Waals surface area (Å²) in [5.41, 5.74) is 2.29. The zero-order valence-electron chi connectivity index (χ0n) is 19.4. The van der Waals surface area contributed by atoms with Crippen LogP contribution in [-0.4, -0.2) is 77.1 Å². The van der Waals surface area contributed by atoms with Crippen molar-refractivity contribution in [1.29, 1.82) is 0 Å². The molecule has 8 nitrogen and oxygen atoms in total. The van der Waals surface area contributed by atoms with Crippen LogP contribution in [0.1, 0.15) is 50.9 Å². The quantitative estimate of drug-likeness (QED) is 0.747. The maximum Gasteiger partial charge on any atom is 0.227 e. The minimum atomic E-state index is -0.385. The van der Waals surface area contributed by atoms with E-state index in [1.54, 1.807) is 0 Å². The summed E-state index contributed by atoms with van der Waals surface area (Å²) in [6.45, 7) is 13.2. The van der Waals surface area contributed by atoms with E-state index in [1.807, 2.05) is 44.9 Å². The number of hydrogen-bond acceptors (Lipinski definition) is 7. The van der Waals surface area contributed by atoms with Crippen LogP contribution in [0.5, 0.6) is 0 Å². The van der Waals surface area contributed by atoms with E-state index in [4.69, 9.17) is 9.51 Å². The number of nitrogens with zero attached hydrogens (tertiary/aromatic N) is 6. The van der Waals surface area contributed by atoms with Crippen LogP contribution in [0.2, 0.25) is 0 Å². The summed E-state index contributed by atoms with van der Waals surface area (Å²) < 4.78 is 5.58. The van der Waals surface area contributed by atoms with Gasteiger partial charge in [-0.25, -0.2) is 9.97 Å². The van der Waals surface area contributed by atoms with Gasteiger partial charge in [0, 0.05) is 62.9 Å². The molecular formula is C23H34N6O2. The third-order valence-corrected chi connectivity index (χ3v) is 6.22. The summed E-state index contributed by atoms with van der Waals surface area (Å²) in [7, 11) is 2.14. The number of aryl methyl sites for hydroxylation is 1. The first-order chi connectivity index (χ1) is 14.7. The number of likely N-dealkylation sites (tertiary alicyclic amines) is 1. The lowest BCUT2D eigenvalue weighted by atomic mass is 9.88. The standard InChI is InChI=1S/C23H34N6O2/c1-16-13-19(31-26-16)18-14-24-22(28-11-9-27(5)10-12-28)25-20(18)17-7-6-8-29(15-17)21(30)23(2,3)4/h13-14,17H,6-12,15H2,1-5H3. The largest absolute Gasteiger partial charge is 0.356 e. The fourth-order valence-corrected chi connectivity index (χ4v) is 4.39. The highest BCUT2D eigenvalue weighted by atomic mass is 16.5. The molecule has 0 spiro atoms. The number of piperazine rings is 1. The van der Waals surface area contributed by atoms with E-state index < -0.39 is 0 Å². The van der Waals surface area contributed by atoms with E-state index in [-0.39, 0.29) is 17.2 Å². The van der Waals surface area contributed by atoms with Gasteiger partial charge in [0.1, 0.15) is 0 Å². The van der Waals surface area contributed by atoms with Gasteiger partial charge >= 0.3 is 0 Å². The van der Waals surface area contributed by atoms with Crippen molar-refractivity contribution in [1.82, 2.24) is 24.9 Å². The van der Waals surface area contributed by atoms with Gasteiger partial charge in [0.05, 0.1) is 17.0 Å². The molecule has 1 amide bonds. The third-order valence-electron chi connectivity index (χ3n) is 6.22. The first kappa shape index (κ1) is 21.7. The Balaban J connectivity index is 1.67. The Morgan fingerprint density at radius 2 is 1.90 bits per heavy atom. The summed E-state index contributed by atoms with van der Waals surface area (Å²) >= 11 is 0. The second kappa shape index (κ2) is 8.57. The number of carbonyl (C=O) groups is 1. The summed E-state index contributed by atoms with van der Waals surface area (Å²) in [4.78, 5) is 29.3. The van der Waals surface area contributed by atoms with Gasteiger partial charge in [-0.1, -0.05) is 25.9 Å². The molecule has 8 heteroatoms. The topological polar surface area (TPSA) is 78.6 Å². The van der Waals surface area contributed by atoms with Gasteiger partial charge in [0.2, 0.25) is 11.9 Å². The maximum absolute atomic E-state index is 13.0. The molecule has 0 bridgehead atoms. The molecule has 4 heterocycles. The Kier molecular flexibility index (Phi) is 6.01. The summed E-state index contributed by atoms with van der Waals surface area (Å²) in [6, 6.07) is 1.93. The molecule has 0 N–H and O–H groups in total. The number of amides is 1. The molecule has 2 fully saturated rings. The predicted molar refractivity (Wildman–Crippen MR) is 120 cm³/mol. The van der Waals surface area contributed by atoms with E-state index in [1.165, 1.54) is 0 Å². The van der Waals surface area contributed by atoms with E-state index in [0.717, 1.165) is 68.5 Å². The smallest absolute Gasteiger partial charge is 0.227 e. The number of rotatable bonds is 3. The maximum atomic E-state index is 13.0. The highest BCUT2D eigenvalue weighted by Crippen LogP contribution is 2.35. The van der Waals surface area contributed by atoms with Crippen molar-refractivity contribution in [2.45, 2.75) is 46.5 Å². The fourth-order valence-electron chi connectivity index (χ4n) is 4.39. The van der Waals surface area contributed by atoms with Crippen LogP contribution in [0.15, 0.2) is 16.8 Å². The number of piperidine rings is 1. The van der Waals surface area contributed by atoms with Gasteiger partial charge in [0.25, 0.3) is 0 Å².